The molecule has 0 bridgehead atoms. The summed E-state index contributed by atoms with van der Waals surface area (Å²) in [6.07, 6.45) is -2.71. The monoisotopic (exact) mass is 255 g/mol. The SMILES string of the molecule is Nc1nc2c(c(=O)[nH]1)N=C([C@@H](O)[C@H](O)CO)CN2. The molecule has 0 fully saturated rings. The number of H-pyrrole nitrogens is 1. The Morgan fingerprint density at radius 1 is 1.44 bits per heavy atom. The van der Waals surface area contributed by atoms with Gasteiger partial charge < -0.3 is 26.4 Å². The average Bonchev–Trinajstić information content (AvgIpc) is 2.36. The van der Waals surface area contributed by atoms with Gasteiger partial charge in [-0.3, -0.25) is 9.78 Å². The molecule has 2 rings (SSSR count). The molecular weight excluding hydrogens is 242 g/mol. The van der Waals surface area contributed by atoms with Gasteiger partial charge in [-0.25, -0.2) is 4.99 Å². The normalized spacial score (nSPS) is 17.4. The summed E-state index contributed by atoms with van der Waals surface area (Å²) in [5, 5.41) is 30.5. The second kappa shape index (κ2) is 4.72. The molecule has 0 unspecified atom stereocenters. The minimum absolute atomic E-state index is 0.0189. The predicted molar refractivity (Wildman–Crippen MR) is 64.0 cm³/mol. The Labute approximate surface area is 101 Å². The number of nitrogens with one attached hydrogen (secondary N) is 2. The van der Waals surface area contributed by atoms with Crippen LogP contribution >= 0.6 is 0 Å². The smallest absolute Gasteiger partial charge is 0.280 e. The molecule has 0 amide bonds. The number of fused-ring (bicyclic) bond motifs is 1. The number of rotatable bonds is 3. The second-order valence-corrected chi connectivity index (χ2v) is 3.80. The van der Waals surface area contributed by atoms with Gasteiger partial charge >= 0.3 is 0 Å². The van der Waals surface area contributed by atoms with E-state index in [1.54, 1.807) is 0 Å². The maximum absolute atomic E-state index is 11.6. The van der Waals surface area contributed by atoms with Crippen LogP contribution in [0.4, 0.5) is 17.5 Å². The van der Waals surface area contributed by atoms with E-state index in [1.807, 2.05) is 0 Å². The van der Waals surface area contributed by atoms with Crippen molar-refractivity contribution >= 4 is 23.2 Å². The Morgan fingerprint density at radius 2 is 2.17 bits per heavy atom. The minimum Gasteiger partial charge on any atom is -0.394 e. The molecule has 0 aromatic carbocycles. The van der Waals surface area contributed by atoms with Crippen molar-refractivity contribution in [2.45, 2.75) is 12.2 Å². The average molecular weight is 255 g/mol. The molecule has 2 atom stereocenters. The standard InChI is InChI=1S/C9H13N5O4/c10-9-13-7-5(8(18)14-9)12-3(1-11-7)6(17)4(16)2-15/h4,6,15-17H,1-2H2,(H4,10,11,13,14,18)/t4-,6-/m1/s1. The molecule has 1 aliphatic heterocycles. The zero-order chi connectivity index (χ0) is 13.3. The predicted octanol–water partition coefficient (Wildman–Crippen LogP) is -2.44. The van der Waals surface area contributed by atoms with Crippen LogP contribution in [0.3, 0.4) is 0 Å². The van der Waals surface area contributed by atoms with E-state index in [-0.39, 0.29) is 29.7 Å². The summed E-state index contributed by atoms with van der Waals surface area (Å²) in [5.41, 5.74) is 4.94. The summed E-state index contributed by atoms with van der Waals surface area (Å²) < 4.78 is 0. The first-order valence-electron chi connectivity index (χ1n) is 5.21. The molecule has 1 aromatic heterocycles. The van der Waals surface area contributed by atoms with Crippen LogP contribution in [-0.2, 0) is 0 Å². The summed E-state index contributed by atoms with van der Waals surface area (Å²) in [4.78, 5) is 21.6. The van der Waals surface area contributed by atoms with Crippen molar-refractivity contribution in [1.29, 1.82) is 0 Å². The zero-order valence-electron chi connectivity index (χ0n) is 9.29. The first-order chi connectivity index (χ1) is 8.52. The maximum Gasteiger partial charge on any atom is 0.280 e. The maximum atomic E-state index is 11.6. The van der Waals surface area contributed by atoms with Crippen LogP contribution in [0, 0.1) is 0 Å². The highest BCUT2D eigenvalue weighted by Crippen LogP contribution is 2.22. The highest BCUT2D eigenvalue weighted by atomic mass is 16.4. The fourth-order valence-electron chi connectivity index (χ4n) is 1.56. The van der Waals surface area contributed by atoms with E-state index in [1.165, 1.54) is 0 Å². The Kier molecular flexibility index (Phi) is 3.28. The lowest BCUT2D eigenvalue weighted by Gasteiger charge is -2.22. The first-order valence-corrected chi connectivity index (χ1v) is 5.21. The highest BCUT2D eigenvalue weighted by Gasteiger charge is 2.25. The van der Waals surface area contributed by atoms with Crippen LogP contribution in [-0.4, -0.2) is 56.4 Å². The van der Waals surface area contributed by atoms with E-state index >= 15 is 0 Å². The van der Waals surface area contributed by atoms with Crippen molar-refractivity contribution < 1.29 is 15.3 Å². The van der Waals surface area contributed by atoms with Gasteiger partial charge in [-0.2, -0.15) is 4.98 Å². The molecule has 9 nitrogen and oxygen atoms in total. The molecule has 0 saturated heterocycles. The number of nitrogen functional groups attached to an aromatic ring is 1. The molecule has 98 valence electrons. The van der Waals surface area contributed by atoms with E-state index in [4.69, 9.17) is 10.8 Å². The van der Waals surface area contributed by atoms with Gasteiger partial charge in [0.2, 0.25) is 5.95 Å². The van der Waals surface area contributed by atoms with Crippen LogP contribution in [0.25, 0.3) is 0 Å². The summed E-state index contributed by atoms with van der Waals surface area (Å²) in [5.74, 6) is 0.173. The van der Waals surface area contributed by atoms with Crippen molar-refractivity contribution in [2.24, 2.45) is 4.99 Å². The number of anilines is 2. The van der Waals surface area contributed by atoms with Gasteiger partial charge in [0, 0.05) is 0 Å². The van der Waals surface area contributed by atoms with Crippen LogP contribution in [0.5, 0.6) is 0 Å². The van der Waals surface area contributed by atoms with E-state index in [0.717, 1.165) is 0 Å². The van der Waals surface area contributed by atoms with Crippen LogP contribution < -0.4 is 16.6 Å². The van der Waals surface area contributed by atoms with Crippen molar-refractivity contribution in [1.82, 2.24) is 9.97 Å². The fourth-order valence-corrected chi connectivity index (χ4v) is 1.56. The molecule has 0 radical (unpaired) electrons. The summed E-state index contributed by atoms with van der Waals surface area (Å²) in [6, 6.07) is 0. The Bertz CT molecular complexity index is 540. The highest BCUT2D eigenvalue weighted by molar-refractivity contribution is 5.97. The van der Waals surface area contributed by atoms with Gasteiger partial charge in [-0.05, 0) is 0 Å². The van der Waals surface area contributed by atoms with Crippen molar-refractivity contribution in [3.8, 4) is 0 Å². The second-order valence-electron chi connectivity index (χ2n) is 3.80. The van der Waals surface area contributed by atoms with Gasteiger partial charge in [-0.15, -0.1) is 0 Å². The van der Waals surface area contributed by atoms with Gasteiger partial charge in [0.1, 0.15) is 12.2 Å². The number of aliphatic hydroxyl groups excluding tert-OH is 3. The topological polar surface area (TPSA) is 157 Å². The molecule has 0 saturated carbocycles. The number of hydrogen-bond donors (Lipinski definition) is 6. The number of nitrogens with two attached hydrogens (primary N) is 1. The van der Waals surface area contributed by atoms with Gasteiger partial charge in [0.05, 0.1) is 18.9 Å². The lowest BCUT2D eigenvalue weighted by atomic mass is 10.1. The number of aliphatic imine (C=N–C) groups is 1. The minimum atomic E-state index is -1.35. The van der Waals surface area contributed by atoms with Crippen LogP contribution in [0.2, 0.25) is 0 Å². The third-order valence-corrected chi connectivity index (χ3v) is 2.50. The van der Waals surface area contributed by atoms with Crippen molar-refractivity contribution in [2.75, 3.05) is 24.2 Å². The number of aromatic nitrogens is 2. The van der Waals surface area contributed by atoms with E-state index < -0.39 is 24.4 Å². The first kappa shape index (κ1) is 12.5. The lowest BCUT2D eigenvalue weighted by Crippen LogP contribution is -2.41. The van der Waals surface area contributed by atoms with Gasteiger partial charge in [0.15, 0.2) is 11.5 Å². The fraction of sp³-hybridized carbons (Fsp3) is 0.444. The molecule has 0 spiro atoms. The zero-order valence-corrected chi connectivity index (χ0v) is 9.29. The number of nitrogens with zero attached hydrogens (tertiary/aromatic N) is 2. The Balaban J connectivity index is 2.39. The Morgan fingerprint density at radius 3 is 2.83 bits per heavy atom. The number of aromatic amines is 1. The van der Waals surface area contributed by atoms with Crippen molar-refractivity contribution in [3.05, 3.63) is 10.4 Å². The third kappa shape index (κ3) is 2.18. The van der Waals surface area contributed by atoms with Crippen LogP contribution in [0.1, 0.15) is 0 Å². The van der Waals surface area contributed by atoms with Crippen LogP contribution in [0.15, 0.2) is 9.79 Å². The van der Waals surface area contributed by atoms with E-state index in [2.05, 4.69) is 20.3 Å². The summed E-state index contributed by atoms with van der Waals surface area (Å²) in [7, 11) is 0. The third-order valence-electron chi connectivity index (χ3n) is 2.50. The molecule has 7 N–H and O–H groups in total. The van der Waals surface area contributed by atoms with Gasteiger partial charge in [0.25, 0.3) is 5.56 Å². The molecule has 2 heterocycles. The van der Waals surface area contributed by atoms with Gasteiger partial charge in [-0.1, -0.05) is 0 Å². The molecule has 1 aliphatic rings. The molecule has 18 heavy (non-hydrogen) atoms. The van der Waals surface area contributed by atoms with E-state index in [9.17, 15) is 15.0 Å². The summed E-state index contributed by atoms with van der Waals surface area (Å²) in [6.45, 7) is -0.509. The molecular formula is C9H13N5O4. The number of hydrogen-bond acceptors (Lipinski definition) is 8. The quantitative estimate of drug-likeness (QED) is 0.350. The largest absolute Gasteiger partial charge is 0.394 e. The van der Waals surface area contributed by atoms with E-state index in [0.29, 0.717) is 0 Å². The summed E-state index contributed by atoms with van der Waals surface area (Å²) >= 11 is 0. The molecule has 1 aromatic rings. The number of aliphatic hydroxyl groups is 3. The molecule has 0 aliphatic carbocycles. The molecule has 9 heteroatoms. The lowest BCUT2D eigenvalue weighted by molar-refractivity contribution is 0.0180. The Hall–Kier alpha value is -1.97. The van der Waals surface area contributed by atoms with Crippen molar-refractivity contribution in [3.63, 3.8) is 0 Å².